The van der Waals surface area contributed by atoms with Gasteiger partial charge in [0.25, 0.3) is 0 Å². The number of aromatic nitrogens is 2. The van der Waals surface area contributed by atoms with E-state index in [1.165, 1.54) is 0 Å². The van der Waals surface area contributed by atoms with Crippen molar-refractivity contribution >= 4 is 34.7 Å². The smallest absolute Gasteiger partial charge is 0.174 e. The highest BCUT2D eigenvalue weighted by Gasteiger charge is 2.03. The van der Waals surface area contributed by atoms with Crippen molar-refractivity contribution in [3.63, 3.8) is 0 Å². The molecule has 0 fully saturated rings. The maximum atomic E-state index is 4.60. The molecule has 2 heterocycles. The van der Waals surface area contributed by atoms with Crippen LogP contribution in [0.4, 0.5) is 0 Å². The molecule has 0 aliphatic carbocycles. The summed E-state index contributed by atoms with van der Waals surface area (Å²) in [6, 6.07) is 12.3. The van der Waals surface area contributed by atoms with Crippen molar-refractivity contribution in [2.24, 2.45) is 0 Å². The molecule has 3 heteroatoms. The average molecular weight is 205 g/mol. The maximum Gasteiger partial charge on any atom is 0.174 e. The number of fused-ring (bicyclic) bond motifs is 3. The molecule has 2 nitrogen and oxygen atoms in total. The molecule has 75 valence electrons. The van der Waals surface area contributed by atoms with Crippen molar-refractivity contribution in [2.45, 2.75) is 6.82 Å². The molecule has 0 atom stereocenters. The summed E-state index contributed by atoms with van der Waals surface area (Å²) in [5.41, 5.74) is 2.95. The molecule has 0 aliphatic rings. The molecular formula is C13H10BN2. The van der Waals surface area contributed by atoms with E-state index in [4.69, 9.17) is 0 Å². The van der Waals surface area contributed by atoms with Gasteiger partial charge in [-0.15, -0.1) is 0 Å². The second kappa shape index (κ2) is 3.60. The normalized spacial score (nSPS) is 10.8. The summed E-state index contributed by atoms with van der Waals surface area (Å²) in [5.74, 6) is 0. The molecule has 0 saturated heterocycles. The SMILES string of the molecule is C[B]c1ccc2ccc3cccnc3c2n1. The molecule has 0 bridgehead atoms. The first-order chi connectivity index (χ1) is 7.88. The minimum atomic E-state index is 0.976. The second-order valence-electron chi connectivity index (χ2n) is 3.74. The summed E-state index contributed by atoms with van der Waals surface area (Å²) in [5, 5.41) is 2.27. The van der Waals surface area contributed by atoms with Gasteiger partial charge in [-0.3, -0.25) is 9.97 Å². The van der Waals surface area contributed by atoms with Crippen LogP contribution in [0.2, 0.25) is 6.82 Å². The summed E-state index contributed by atoms with van der Waals surface area (Å²) in [6.07, 6.45) is 1.81. The van der Waals surface area contributed by atoms with E-state index in [1.807, 2.05) is 32.4 Å². The van der Waals surface area contributed by atoms with Crippen LogP contribution in [0.3, 0.4) is 0 Å². The van der Waals surface area contributed by atoms with Gasteiger partial charge in [0.1, 0.15) is 0 Å². The van der Waals surface area contributed by atoms with Crippen LogP contribution >= 0.6 is 0 Å². The van der Waals surface area contributed by atoms with Gasteiger partial charge in [-0.1, -0.05) is 37.2 Å². The predicted octanol–water partition coefficient (Wildman–Crippen LogP) is 2.16. The van der Waals surface area contributed by atoms with Gasteiger partial charge < -0.3 is 0 Å². The fourth-order valence-electron chi connectivity index (χ4n) is 1.90. The molecule has 1 aromatic carbocycles. The number of nitrogens with zero attached hydrogens (tertiary/aromatic N) is 2. The van der Waals surface area contributed by atoms with Gasteiger partial charge in [-0.05, 0) is 11.7 Å². The lowest BCUT2D eigenvalue weighted by Gasteiger charge is -2.03. The zero-order chi connectivity index (χ0) is 11.0. The molecule has 3 aromatic rings. The summed E-state index contributed by atoms with van der Waals surface area (Å²) < 4.78 is 0. The first-order valence-corrected chi connectivity index (χ1v) is 5.32. The molecule has 0 saturated carbocycles. The standard InChI is InChI=1S/C13H10BN2/c1-14-11-7-6-10-5-4-9-3-2-8-15-12(9)13(10)16-11/h2-8H,1H3. The Balaban J connectivity index is 2.47. The predicted molar refractivity (Wildman–Crippen MR) is 68.3 cm³/mol. The Morgan fingerprint density at radius 1 is 0.938 bits per heavy atom. The van der Waals surface area contributed by atoms with Gasteiger partial charge >= 0.3 is 0 Å². The first kappa shape index (κ1) is 9.34. The number of pyridine rings is 2. The zero-order valence-corrected chi connectivity index (χ0v) is 9.01. The van der Waals surface area contributed by atoms with E-state index in [-0.39, 0.29) is 0 Å². The van der Waals surface area contributed by atoms with E-state index >= 15 is 0 Å². The van der Waals surface area contributed by atoms with Gasteiger partial charge in [-0.2, -0.15) is 0 Å². The van der Waals surface area contributed by atoms with Crippen LogP contribution in [0.1, 0.15) is 0 Å². The number of benzene rings is 1. The molecule has 0 amide bonds. The van der Waals surface area contributed by atoms with Gasteiger partial charge in [0.15, 0.2) is 7.28 Å². The van der Waals surface area contributed by atoms with Crippen LogP contribution in [-0.2, 0) is 0 Å². The van der Waals surface area contributed by atoms with Gasteiger partial charge in [-0.25, -0.2) is 0 Å². The first-order valence-electron chi connectivity index (χ1n) is 5.32. The number of hydrogen-bond acceptors (Lipinski definition) is 2. The molecule has 2 aromatic heterocycles. The van der Waals surface area contributed by atoms with Crippen molar-refractivity contribution in [3.8, 4) is 0 Å². The van der Waals surface area contributed by atoms with E-state index in [9.17, 15) is 0 Å². The highest BCUT2D eigenvalue weighted by Crippen LogP contribution is 2.20. The summed E-state index contributed by atoms with van der Waals surface area (Å²) in [4.78, 5) is 9.01. The third-order valence-corrected chi connectivity index (χ3v) is 2.75. The van der Waals surface area contributed by atoms with Crippen molar-refractivity contribution in [1.29, 1.82) is 0 Å². The molecule has 0 unspecified atom stereocenters. The monoisotopic (exact) mass is 205 g/mol. The number of hydrogen-bond donors (Lipinski definition) is 0. The molecule has 16 heavy (non-hydrogen) atoms. The van der Waals surface area contributed by atoms with Gasteiger partial charge in [0, 0.05) is 17.0 Å². The largest absolute Gasteiger partial charge is 0.261 e. The average Bonchev–Trinajstić information content (AvgIpc) is 2.38. The van der Waals surface area contributed by atoms with E-state index in [0.29, 0.717) is 0 Å². The van der Waals surface area contributed by atoms with Crippen LogP contribution in [0.5, 0.6) is 0 Å². The molecule has 0 aliphatic heterocycles. The highest BCUT2D eigenvalue weighted by molar-refractivity contribution is 6.51. The quantitative estimate of drug-likeness (QED) is 0.449. The van der Waals surface area contributed by atoms with Crippen molar-refractivity contribution in [3.05, 3.63) is 42.6 Å². The topological polar surface area (TPSA) is 25.8 Å². The van der Waals surface area contributed by atoms with Crippen LogP contribution in [-0.4, -0.2) is 17.2 Å². The minimum Gasteiger partial charge on any atom is -0.261 e. The van der Waals surface area contributed by atoms with E-state index in [1.54, 1.807) is 0 Å². The van der Waals surface area contributed by atoms with Gasteiger partial charge in [0.05, 0.1) is 11.0 Å². The fraction of sp³-hybridized carbons (Fsp3) is 0.0769. The van der Waals surface area contributed by atoms with Crippen LogP contribution in [0.25, 0.3) is 21.8 Å². The van der Waals surface area contributed by atoms with Crippen LogP contribution in [0.15, 0.2) is 42.6 Å². The molecule has 1 radical (unpaired) electrons. The lowest BCUT2D eigenvalue weighted by Crippen LogP contribution is -2.14. The van der Waals surface area contributed by atoms with E-state index < -0.39 is 0 Å². The lowest BCUT2D eigenvalue weighted by atomic mass is 9.77. The Morgan fingerprint density at radius 3 is 2.50 bits per heavy atom. The fourth-order valence-corrected chi connectivity index (χ4v) is 1.90. The third kappa shape index (κ3) is 1.36. The highest BCUT2D eigenvalue weighted by atomic mass is 14.7. The van der Waals surface area contributed by atoms with Crippen molar-refractivity contribution in [2.75, 3.05) is 0 Å². The summed E-state index contributed by atoms with van der Waals surface area (Å²) in [7, 11) is 2.00. The molecule has 0 N–H and O–H groups in total. The Hall–Kier alpha value is -1.90. The van der Waals surface area contributed by atoms with Crippen LogP contribution in [0, 0.1) is 0 Å². The van der Waals surface area contributed by atoms with Crippen molar-refractivity contribution < 1.29 is 0 Å². The summed E-state index contributed by atoms with van der Waals surface area (Å²) in [6.45, 7) is 1.99. The Bertz CT molecular complexity index is 664. The zero-order valence-electron chi connectivity index (χ0n) is 9.01. The Kier molecular flexibility index (Phi) is 2.10. The second-order valence-corrected chi connectivity index (χ2v) is 3.74. The van der Waals surface area contributed by atoms with Crippen LogP contribution < -0.4 is 5.59 Å². The summed E-state index contributed by atoms with van der Waals surface area (Å²) >= 11 is 0. The maximum absolute atomic E-state index is 4.60. The van der Waals surface area contributed by atoms with Gasteiger partial charge in [0.2, 0.25) is 0 Å². The Morgan fingerprint density at radius 2 is 1.69 bits per heavy atom. The van der Waals surface area contributed by atoms with E-state index in [0.717, 1.165) is 27.4 Å². The molecular weight excluding hydrogens is 195 g/mol. The van der Waals surface area contributed by atoms with Crippen molar-refractivity contribution in [1.82, 2.24) is 9.97 Å². The third-order valence-electron chi connectivity index (χ3n) is 2.75. The molecule has 3 rings (SSSR count). The number of rotatable bonds is 1. The lowest BCUT2D eigenvalue weighted by molar-refractivity contribution is 1.40. The minimum absolute atomic E-state index is 0.976. The Labute approximate surface area is 94.6 Å². The van der Waals surface area contributed by atoms with E-state index in [2.05, 4.69) is 34.2 Å². The molecule has 0 spiro atoms.